The number of nitrogens with one attached hydrogen (secondary N) is 1. The van der Waals surface area contributed by atoms with Crippen LogP contribution in [0.3, 0.4) is 0 Å². The normalized spacial score (nSPS) is 28.9. The van der Waals surface area contributed by atoms with Gasteiger partial charge in [0.15, 0.2) is 0 Å². The number of hydrogen-bond donors (Lipinski definition) is 1. The van der Waals surface area contributed by atoms with Crippen molar-refractivity contribution in [2.75, 3.05) is 23.4 Å². The van der Waals surface area contributed by atoms with Gasteiger partial charge in [0, 0.05) is 17.3 Å². The Hall–Kier alpha value is -3.52. The zero-order chi connectivity index (χ0) is 24.5. The topological polar surface area (TPSA) is 96.0 Å². The third-order valence-corrected chi connectivity index (χ3v) is 8.13. The van der Waals surface area contributed by atoms with Gasteiger partial charge in [0.05, 0.1) is 29.7 Å². The molecule has 6 rings (SSSR count). The summed E-state index contributed by atoms with van der Waals surface area (Å²) in [5.41, 5.74) is 2.19. The molecule has 2 aromatic carbocycles. The van der Waals surface area contributed by atoms with Crippen LogP contribution >= 0.6 is 0 Å². The molecule has 1 spiro atoms. The summed E-state index contributed by atoms with van der Waals surface area (Å²) in [5.74, 6) is -2.68. The predicted octanol–water partition coefficient (Wildman–Crippen LogP) is 2.86. The highest BCUT2D eigenvalue weighted by molar-refractivity contribution is 6.26. The molecule has 4 atom stereocenters. The highest BCUT2D eigenvalue weighted by Crippen LogP contribution is 2.61. The van der Waals surface area contributed by atoms with E-state index in [-0.39, 0.29) is 30.4 Å². The number of nitrogens with zero attached hydrogens (tertiary/aromatic N) is 2. The second-order valence-electron chi connectivity index (χ2n) is 9.60. The van der Waals surface area contributed by atoms with Crippen LogP contribution in [0, 0.1) is 11.8 Å². The largest absolute Gasteiger partial charge is 0.462 e. The molecule has 0 unspecified atom stereocenters. The Morgan fingerprint density at radius 1 is 1.09 bits per heavy atom. The maximum absolute atomic E-state index is 14.0. The van der Waals surface area contributed by atoms with Crippen molar-refractivity contribution in [2.45, 2.75) is 44.7 Å². The van der Waals surface area contributed by atoms with Gasteiger partial charge in [-0.15, -0.1) is 0 Å². The van der Waals surface area contributed by atoms with Crippen LogP contribution in [0.25, 0.3) is 0 Å². The van der Waals surface area contributed by atoms with Crippen molar-refractivity contribution in [3.63, 3.8) is 0 Å². The van der Waals surface area contributed by atoms with Crippen molar-refractivity contribution in [1.29, 1.82) is 0 Å². The van der Waals surface area contributed by atoms with Gasteiger partial charge in [-0.05, 0) is 62.6 Å². The number of esters is 1. The summed E-state index contributed by atoms with van der Waals surface area (Å²) in [4.78, 5) is 57.0. The molecule has 0 radical (unpaired) electrons. The number of fused-ring (bicyclic) bond motifs is 7. The summed E-state index contributed by atoms with van der Waals surface area (Å²) < 4.78 is 5.03. The Bertz CT molecular complexity index is 1270. The molecular formula is C27H27N3O5. The molecule has 8 heteroatoms. The summed E-state index contributed by atoms with van der Waals surface area (Å²) in [6, 6.07) is 12.0. The number of benzene rings is 2. The molecule has 3 saturated heterocycles. The van der Waals surface area contributed by atoms with Gasteiger partial charge in [-0.1, -0.05) is 25.1 Å². The van der Waals surface area contributed by atoms with Gasteiger partial charge in [-0.2, -0.15) is 0 Å². The lowest BCUT2D eigenvalue weighted by molar-refractivity contribution is -0.135. The Balaban J connectivity index is 1.45. The molecule has 35 heavy (non-hydrogen) atoms. The monoisotopic (exact) mass is 473 g/mol. The number of para-hydroxylation sites is 1. The van der Waals surface area contributed by atoms with Crippen LogP contribution in [0.4, 0.5) is 11.4 Å². The lowest BCUT2D eigenvalue weighted by Crippen LogP contribution is -2.54. The lowest BCUT2D eigenvalue weighted by atomic mass is 9.75. The number of hydrogen-bond acceptors (Lipinski definition) is 6. The Kier molecular flexibility index (Phi) is 4.86. The molecule has 0 saturated carbocycles. The van der Waals surface area contributed by atoms with E-state index in [1.165, 1.54) is 4.90 Å². The van der Waals surface area contributed by atoms with Crippen LogP contribution < -0.4 is 10.2 Å². The zero-order valence-electron chi connectivity index (χ0n) is 19.7. The van der Waals surface area contributed by atoms with Crippen LogP contribution in [0.2, 0.25) is 0 Å². The number of rotatable bonds is 4. The van der Waals surface area contributed by atoms with Crippen LogP contribution in [0.1, 0.15) is 48.2 Å². The van der Waals surface area contributed by atoms with E-state index in [0.717, 1.165) is 36.1 Å². The minimum Gasteiger partial charge on any atom is -0.462 e. The molecule has 4 aliphatic rings. The first-order valence-electron chi connectivity index (χ1n) is 12.3. The second-order valence-corrected chi connectivity index (χ2v) is 9.60. The summed E-state index contributed by atoms with van der Waals surface area (Å²) in [6.07, 6.45) is 2.40. The maximum atomic E-state index is 14.0. The third-order valence-electron chi connectivity index (χ3n) is 8.13. The van der Waals surface area contributed by atoms with E-state index in [4.69, 9.17) is 4.74 Å². The molecule has 0 aromatic heterocycles. The van der Waals surface area contributed by atoms with E-state index in [0.29, 0.717) is 17.8 Å². The SMILES string of the molecule is CCOC(=O)c1ccc(N2C(=O)[C@H]3[C@@H](C2=O)[C@@]2(C(=O)Nc4c(CC)cccc42)N2CCC[C@@H]32)cc1. The van der Waals surface area contributed by atoms with E-state index >= 15 is 0 Å². The van der Waals surface area contributed by atoms with Crippen molar-refractivity contribution in [2.24, 2.45) is 11.8 Å². The number of anilines is 2. The average molecular weight is 474 g/mol. The molecule has 0 aliphatic carbocycles. The Morgan fingerprint density at radius 3 is 2.57 bits per heavy atom. The standard InChI is InChI=1S/C27H27N3O5/c1-3-15-7-5-8-18-22(15)28-26(34)27(18)21-20(19-9-6-14-29(19)27)23(31)30(24(21)32)17-12-10-16(11-13-17)25(33)35-4-2/h5,7-8,10-13,19-21H,3-4,6,9,14H2,1-2H3,(H,28,34)/t19-,20+,21-,27-/m0/s1. The first-order valence-corrected chi connectivity index (χ1v) is 12.3. The first kappa shape index (κ1) is 22.0. The lowest BCUT2D eigenvalue weighted by Gasteiger charge is -2.36. The van der Waals surface area contributed by atoms with E-state index in [1.54, 1.807) is 31.2 Å². The zero-order valence-corrected chi connectivity index (χ0v) is 19.7. The van der Waals surface area contributed by atoms with Crippen molar-refractivity contribution in [3.05, 3.63) is 59.2 Å². The van der Waals surface area contributed by atoms with Crippen LogP contribution in [0.5, 0.6) is 0 Å². The summed E-state index contributed by atoms with van der Waals surface area (Å²) >= 11 is 0. The van der Waals surface area contributed by atoms with Crippen molar-refractivity contribution < 1.29 is 23.9 Å². The molecule has 1 N–H and O–H groups in total. The van der Waals surface area contributed by atoms with Crippen molar-refractivity contribution in [3.8, 4) is 0 Å². The highest BCUT2D eigenvalue weighted by atomic mass is 16.5. The van der Waals surface area contributed by atoms with Gasteiger partial charge in [0.2, 0.25) is 17.7 Å². The van der Waals surface area contributed by atoms with Gasteiger partial charge >= 0.3 is 5.97 Å². The number of aryl methyl sites for hydroxylation is 1. The molecule has 2 aromatic rings. The second kappa shape index (κ2) is 7.75. The maximum Gasteiger partial charge on any atom is 0.338 e. The van der Waals surface area contributed by atoms with Gasteiger partial charge in [-0.3, -0.25) is 19.3 Å². The van der Waals surface area contributed by atoms with E-state index in [2.05, 4.69) is 10.2 Å². The van der Waals surface area contributed by atoms with Gasteiger partial charge in [-0.25, -0.2) is 9.69 Å². The molecular weight excluding hydrogens is 446 g/mol. The Labute approximate surface area is 203 Å². The fourth-order valence-electron chi connectivity index (χ4n) is 6.80. The number of imide groups is 1. The van der Waals surface area contributed by atoms with Gasteiger partial charge < -0.3 is 10.1 Å². The number of carbonyl (C=O) groups is 4. The molecule has 180 valence electrons. The van der Waals surface area contributed by atoms with Crippen molar-refractivity contribution in [1.82, 2.24) is 4.90 Å². The minimum atomic E-state index is -1.18. The molecule has 3 fully saturated rings. The van der Waals surface area contributed by atoms with Crippen LogP contribution in [-0.4, -0.2) is 47.8 Å². The van der Waals surface area contributed by atoms with Crippen molar-refractivity contribution >= 4 is 35.1 Å². The molecule has 4 aliphatic heterocycles. The summed E-state index contributed by atoms with van der Waals surface area (Å²) in [7, 11) is 0. The summed E-state index contributed by atoms with van der Waals surface area (Å²) in [5, 5.41) is 3.08. The predicted molar refractivity (Wildman–Crippen MR) is 128 cm³/mol. The van der Waals surface area contributed by atoms with E-state index in [1.807, 2.05) is 25.1 Å². The molecule has 3 amide bonds. The van der Waals surface area contributed by atoms with E-state index in [9.17, 15) is 19.2 Å². The van der Waals surface area contributed by atoms with Crippen LogP contribution in [0.15, 0.2) is 42.5 Å². The fraction of sp³-hybridized carbons (Fsp3) is 0.407. The van der Waals surface area contributed by atoms with Gasteiger partial charge in [0.25, 0.3) is 0 Å². The highest BCUT2D eigenvalue weighted by Gasteiger charge is 2.74. The quantitative estimate of drug-likeness (QED) is 0.542. The number of ether oxygens (including phenoxy) is 1. The average Bonchev–Trinajstić information content (AvgIpc) is 3.57. The van der Waals surface area contributed by atoms with E-state index < -0.39 is 23.3 Å². The number of carbonyl (C=O) groups excluding carboxylic acids is 4. The number of amides is 3. The fourth-order valence-corrected chi connectivity index (χ4v) is 6.80. The molecule has 0 bridgehead atoms. The molecule has 4 heterocycles. The minimum absolute atomic E-state index is 0.165. The smallest absolute Gasteiger partial charge is 0.338 e. The summed E-state index contributed by atoms with van der Waals surface area (Å²) in [6.45, 7) is 4.70. The first-order chi connectivity index (χ1) is 16.9. The third kappa shape index (κ3) is 2.71. The van der Waals surface area contributed by atoms with Crippen LogP contribution in [-0.2, 0) is 31.1 Å². The van der Waals surface area contributed by atoms with Gasteiger partial charge in [0.1, 0.15) is 5.54 Å². The Morgan fingerprint density at radius 2 is 1.86 bits per heavy atom. The molecule has 8 nitrogen and oxygen atoms in total.